The Bertz CT molecular complexity index is 1330. The molecule has 0 spiro atoms. The molecule has 4 rings (SSSR count). The highest BCUT2D eigenvalue weighted by Gasteiger charge is 2.45. The summed E-state index contributed by atoms with van der Waals surface area (Å²) in [5, 5.41) is 12.2. The number of benzene rings is 2. The molecule has 1 N–H and O–H groups in total. The first-order chi connectivity index (χ1) is 15.9. The number of nitrogens with zero attached hydrogens (tertiary/aromatic N) is 2. The van der Waals surface area contributed by atoms with E-state index in [2.05, 4.69) is 25.8 Å². The summed E-state index contributed by atoms with van der Waals surface area (Å²) < 4.78 is 0. The van der Waals surface area contributed by atoms with Crippen LogP contribution in [0.5, 0.6) is 0 Å². The van der Waals surface area contributed by atoms with Crippen LogP contribution < -0.4 is 4.90 Å². The molecule has 0 aliphatic carbocycles. The average molecular weight is 495 g/mol. The molecule has 1 unspecified atom stereocenters. The molecule has 34 heavy (non-hydrogen) atoms. The summed E-state index contributed by atoms with van der Waals surface area (Å²) >= 11 is 7.63. The van der Waals surface area contributed by atoms with Crippen molar-refractivity contribution < 1.29 is 14.7 Å². The lowest BCUT2D eigenvalue weighted by Gasteiger charge is -2.28. The largest absolute Gasteiger partial charge is 0.503 e. The number of Topliss-reactive ketones (excluding diaryl/α,β-unsaturated/α-hetero) is 1. The minimum absolute atomic E-state index is 0.0527. The maximum atomic E-state index is 13.7. The molecule has 7 heteroatoms. The first kappa shape index (κ1) is 24.2. The van der Waals surface area contributed by atoms with Gasteiger partial charge >= 0.3 is 0 Å². The highest BCUT2D eigenvalue weighted by atomic mass is 35.5. The van der Waals surface area contributed by atoms with Gasteiger partial charge in [0.25, 0.3) is 5.91 Å². The van der Waals surface area contributed by atoms with Crippen molar-refractivity contribution in [2.24, 2.45) is 0 Å². The van der Waals surface area contributed by atoms with E-state index in [1.807, 2.05) is 44.2 Å². The van der Waals surface area contributed by atoms with Crippen LogP contribution in [0.25, 0.3) is 0 Å². The highest BCUT2D eigenvalue weighted by molar-refractivity contribution is 7.14. The molecule has 0 radical (unpaired) electrons. The van der Waals surface area contributed by atoms with Gasteiger partial charge in [-0.25, -0.2) is 4.98 Å². The van der Waals surface area contributed by atoms with Gasteiger partial charge in [-0.2, -0.15) is 0 Å². The molecular formula is C27H27ClN2O3S. The van der Waals surface area contributed by atoms with Gasteiger partial charge in [0.05, 0.1) is 27.2 Å². The van der Waals surface area contributed by atoms with Crippen molar-refractivity contribution in [3.05, 3.63) is 91.1 Å². The number of aromatic nitrogens is 1. The third kappa shape index (κ3) is 4.17. The topological polar surface area (TPSA) is 70.5 Å². The second kappa shape index (κ2) is 8.67. The summed E-state index contributed by atoms with van der Waals surface area (Å²) in [7, 11) is 0. The van der Waals surface area contributed by atoms with E-state index in [9.17, 15) is 14.7 Å². The summed E-state index contributed by atoms with van der Waals surface area (Å²) in [6.45, 7) is 11.8. The summed E-state index contributed by atoms with van der Waals surface area (Å²) in [6, 6.07) is 12.3. The number of halogens is 1. The van der Waals surface area contributed by atoms with Gasteiger partial charge < -0.3 is 5.11 Å². The summed E-state index contributed by atoms with van der Waals surface area (Å²) in [4.78, 5) is 33.3. The normalized spacial score (nSPS) is 16.5. The van der Waals surface area contributed by atoms with Gasteiger partial charge in [-0.15, -0.1) is 11.3 Å². The highest BCUT2D eigenvalue weighted by Crippen LogP contribution is 2.43. The Labute approximate surface area is 208 Å². The molecule has 0 fully saturated rings. The third-order valence-electron chi connectivity index (χ3n) is 6.09. The number of hydrogen-bond donors (Lipinski definition) is 1. The number of ketones is 1. The number of aryl methyl sites for hydroxylation is 3. The van der Waals surface area contributed by atoms with Crippen LogP contribution in [0.4, 0.5) is 5.69 Å². The third-order valence-corrected chi connectivity index (χ3v) is 7.57. The molecule has 0 bridgehead atoms. The van der Waals surface area contributed by atoms with Crippen LogP contribution in [0.1, 0.15) is 63.9 Å². The molecule has 0 saturated carbocycles. The second-order valence-electron chi connectivity index (χ2n) is 9.62. The molecular weight excluding hydrogens is 468 g/mol. The first-order valence-corrected chi connectivity index (χ1v) is 12.2. The molecule has 176 valence electrons. The van der Waals surface area contributed by atoms with Crippen LogP contribution in [-0.2, 0) is 10.2 Å². The molecule has 5 nitrogen and oxygen atoms in total. The van der Waals surface area contributed by atoms with E-state index in [0.29, 0.717) is 21.3 Å². The Balaban J connectivity index is 1.89. The number of thiazole rings is 1. The van der Waals surface area contributed by atoms with E-state index in [-0.39, 0.29) is 16.8 Å². The van der Waals surface area contributed by atoms with Gasteiger partial charge in [0, 0.05) is 10.7 Å². The van der Waals surface area contributed by atoms with E-state index in [0.717, 1.165) is 21.7 Å². The molecule has 1 aliphatic heterocycles. The fraction of sp³-hybridized carbons (Fsp3) is 0.296. The van der Waals surface area contributed by atoms with Gasteiger partial charge in [0.15, 0.2) is 5.76 Å². The van der Waals surface area contributed by atoms with E-state index in [1.54, 1.807) is 19.1 Å². The van der Waals surface area contributed by atoms with Crippen molar-refractivity contribution in [1.29, 1.82) is 0 Å². The monoisotopic (exact) mass is 494 g/mol. The van der Waals surface area contributed by atoms with Crippen LogP contribution in [0.2, 0.25) is 5.02 Å². The van der Waals surface area contributed by atoms with E-state index in [4.69, 9.17) is 11.6 Å². The van der Waals surface area contributed by atoms with Crippen molar-refractivity contribution in [2.45, 2.75) is 53.0 Å². The molecule has 2 heterocycles. The van der Waals surface area contributed by atoms with Crippen molar-refractivity contribution in [1.82, 2.24) is 4.98 Å². The Morgan fingerprint density at radius 1 is 1.09 bits per heavy atom. The standard InChI is InChI=1S/C27H27ClN2O3S/c1-14-7-12-19(13-20(14)28)30-22(17-8-10-18(11-9-17)27(4,5)6)21(24(32)26(30)33)23(31)25-15(2)29-16(3)34-25/h7-13,22,32H,1-6H3. The van der Waals surface area contributed by atoms with Crippen LogP contribution in [0.3, 0.4) is 0 Å². The zero-order chi connectivity index (χ0) is 24.9. The SMILES string of the molecule is Cc1nc(C)c(C(=O)C2=C(O)C(=O)N(c3ccc(C)c(Cl)c3)C2c2ccc(C(C)(C)C)cc2)s1. The Hall–Kier alpha value is -2.96. The Kier molecular flexibility index (Phi) is 6.17. The van der Waals surface area contributed by atoms with Crippen LogP contribution in [0.15, 0.2) is 53.8 Å². The first-order valence-electron chi connectivity index (χ1n) is 11.0. The van der Waals surface area contributed by atoms with Gasteiger partial charge in [0.2, 0.25) is 5.78 Å². The Morgan fingerprint density at radius 2 is 1.74 bits per heavy atom. The van der Waals surface area contributed by atoms with Crippen molar-refractivity contribution >= 4 is 40.3 Å². The quantitative estimate of drug-likeness (QED) is 0.405. The van der Waals surface area contributed by atoms with Crippen molar-refractivity contribution in [3.63, 3.8) is 0 Å². The van der Waals surface area contributed by atoms with E-state index < -0.39 is 17.7 Å². The van der Waals surface area contributed by atoms with E-state index in [1.165, 1.54) is 16.2 Å². The number of anilines is 1. The summed E-state index contributed by atoms with van der Waals surface area (Å²) in [5.41, 5.74) is 3.81. The average Bonchev–Trinajstić information content (AvgIpc) is 3.24. The summed E-state index contributed by atoms with van der Waals surface area (Å²) in [6.07, 6.45) is 0. The molecule has 3 aromatic rings. The maximum Gasteiger partial charge on any atom is 0.294 e. The molecule has 2 aromatic carbocycles. The lowest BCUT2D eigenvalue weighted by Crippen LogP contribution is -2.31. The number of carbonyl (C=O) groups is 2. The molecule has 0 saturated heterocycles. The smallest absolute Gasteiger partial charge is 0.294 e. The van der Waals surface area contributed by atoms with Gasteiger partial charge in [-0.1, -0.05) is 62.7 Å². The Morgan fingerprint density at radius 3 is 2.26 bits per heavy atom. The zero-order valence-electron chi connectivity index (χ0n) is 20.1. The minimum Gasteiger partial charge on any atom is -0.503 e. The fourth-order valence-corrected chi connectivity index (χ4v) is 5.23. The van der Waals surface area contributed by atoms with Crippen LogP contribution >= 0.6 is 22.9 Å². The fourth-order valence-electron chi connectivity index (χ4n) is 4.18. The predicted octanol–water partition coefficient (Wildman–Crippen LogP) is 6.80. The molecule has 1 aliphatic rings. The number of rotatable bonds is 4. The minimum atomic E-state index is -0.797. The van der Waals surface area contributed by atoms with Crippen LogP contribution in [-0.4, -0.2) is 21.8 Å². The molecule has 1 aromatic heterocycles. The second-order valence-corrected chi connectivity index (χ2v) is 11.2. The van der Waals surface area contributed by atoms with Crippen molar-refractivity contribution in [3.8, 4) is 0 Å². The molecule has 1 amide bonds. The van der Waals surface area contributed by atoms with E-state index >= 15 is 0 Å². The van der Waals surface area contributed by atoms with Crippen molar-refractivity contribution in [2.75, 3.05) is 4.90 Å². The number of aliphatic hydroxyl groups is 1. The lowest BCUT2D eigenvalue weighted by atomic mass is 9.85. The number of aliphatic hydroxyl groups excluding tert-OH is 1. The maximum absolute atomic E-state index is 13.7. The molecule has 1 atom stereocenters. The predicted molar refractivity (Wildman–Crippen MR) is 137 cm³/mol. The lowest BCUT2D eigenvalue weighted by molar-refractivity contribution is -0.117. The number of amides is 1. The van der Waals surface area contributed by atoms with Crippen LogP contribution in [0, 0.1) is 20.8 Å². The number of hydrogen-bond acceptors (Lipinski definition) is 5. The van der Waals surface area contributed by atoms with Gasteiger partial charge in [0.1, 0.15) is 0 Å². The van der Waals surface area contributed by atoms with Gasteiger partial charge in [-0.3, -0.25) is 14.5 Å². The zero-order valence-corrected chi connectivity index (χ0v) is 21.6. The number of carbonyl (C=O) groups excluding carboxylic acids is 2. The summed E-state index contributed by atoms with van der Waals surface area (Å²) in [5.74, 6) is -1.57. The van der Waals surface area contributed by atoms with Gasteiger partial charge in [-0.05, 0) is 55.0 Å².